The minimum atomic E-state index is 0.657. The van der Waals surface area contributed by atoms with Gasteiger partial charge in [0, 0.05) is 37.7 Å². The quantitative estimate of drug-likeness (QED) is 0.753. The monoisotopic (exact) mass is 254 g/mol. The summed E-state index contributed by atoms with van der Waals surface area (Å²) in [5.74, 6) is 1.65. The molecule has 1 heterocycles. The highest BCUT2D eigenvalue weighted by Crippen LogP contribution is 2.31. The van der Waals surface area contributed by atoms with Gasteiger partial charge in [0.2, 0.25) is 0 Å². The third kappa shape index (κ3) is 4.22. The van der Waals surface area contributed by atoms with E-state index in [0.29, 0.717) is 18.0 Å². The number of hydrogen-bond acceptors (Lipinski definition) is 3. The van der Waals surface area contributed by atoms with E-state index in [1.54, 1.807) is 0 Å². The van der Waals surface area contributed by atoms with Gasteiger partial charge in [0.05, 0.1) is 6.61 Å². The van der Waals surface area contributed by atoms with Gasteiger partial charge in [-0.25, -0.2) is 0 Å². The molecule has 1 N–H and O–H groups in total. The minimum Gasteiger partial charge on any atom is -0.381 e. The molecule has 1 aliphatic carbocycles. The van der Waals surface area contributed by atoms with Crippen LogP contribution in [0.2, 0.25) is 0 Å². The molecule has 18 heavy (non-hydrogen) atoms. The van der Waals surface area contributed by atoms with Crippen LogP contribution >= 0.6 is 0 Å². The zero-order valence-electron chi connectivity index (χ0n) is 12.3. The Balaban J connectivity index is 1.85. The van der Waals surface area contributed by atoms with Crippen LogP contribution in [0.25, 0.3) is 0 Å². The Morgan fingerprint density at radius 1 is 1.22 bits per heavy atom. The van der Waals surface area contributed by atoms with E-state index in [0.717, 1.165) is 25.7 Å². The molecule has 0 amide bonds. The first kappa shape index (κ1) is 14.3. The van der Waals surface area contributed by atoms with Crippen LogP contribution in [0.3, 0.4) is 0 Å². The largest absolute Gasteiger partial charge is 0.381 e. The molecule has 1 saturated carbocycles. The fourth-order valence-corrected chi connectivity index (χ4v) is 2.94. The maximum atomic E-state index is 5.69. The van der Waals surface area contributed by atoms with Gasteiger partial charge in [-0.15, -0.1) is 0 Å². The van der Waals surface area contributed by atoms with E-state index in [-0.39, 0.29) is 0 Å². The summed E-state index contributed by atoms with van der Waals surface area (Å²) in [6, 6.07) is 1.32. The molecular weight excluding hydrogens is 224 g/mol. The lowest BCUT2D eigenvalue weighted by atomic mass is 9.94. The number of hydrogen-bond donors (Lipinski definition) is 1. The Kier molecular flexibility index (Phi) is 5.46. The van der Waals surface area contributed by atoms with Gasteiger partial charge in [0.1, 0.15) is 0 Å². The highest BCUT2D eigenvalue weighted by molar-refractivity contribution is 4.85. The molecule has 106 valence electrons. The first-order valence-electron chi connectivity index (χ1n) is 7.75. The number of nitrogens with one attached hydrogen (secondary N) is 1. The first-order valence-corrected chi connectivity index (χ1v) is 7.75. The van der Waals surface area contributed by atoms with Crippen LogP contribution in [0.15, 0.2) is 0 Å². The second-order valence-electron chi connectivity index (χ2n) is 6.28. The second kappa shape index (κ2) is 6.88. The van der Waals surface area contributed by atoms with Crippen molar-refractivity contribution < 1.29 is 4.74 Å². The lowest BCUT2D eigenvalue weighted by Gasteiger charge is -2.37. The molecule has 2 fully saturated rings. The van der Waals surface area contributed by atoms with E-state index < -0.39 is 0 Å². The highest BCUT2D eigenvalue weighted by Gasteiger charge is 2.30. The lowest BCUT2D eigenvalue weighted by molar-refractivity contribution is 0.0118. The second-order valence-corrected chi connectivity index (χ2v) is 6.28. The summed E-state index contributed by atoms with van der Waals surface area (Å²) in [5, 5.41) is 3.64. The minimum absolute atomic E-state index is 0.657. The van der Waals surface area contributed by atoms with E-state index in [2.05, 4.69) is 31.0 Å². The molecule has 2 atom stereocenters. The molecule has 0 aromatic heterocycles. The van der Waals surface area contributed by atoms with Crippen molar-refractivity contribution in [2.45, 2.75) is 52.1 Å². The van der Waals surface area contributed by atoms with E-state index >= 15 is 0 Å². The average Bonchev–Trinajstić information content (AvgIpc) is 3.15. The molecule has 1 saturated heterocycles. The van der Waals surface area contributed by atoms with Crippen molar-refractivity contribution in [2.24, 2.45) is 11.8 Å². The van der Waals surface area contributed by atoms with E-state index in [1.165, 1.54) is 32.4 Å². The highest BCUT2D eigenvalue weighted by atomic mass is 16.5. The summed E-state index contributed by atoms with van der Waals surface area (Å²) in [6.07, 6.45) is 4.07. The Labute approximate surface area is 112 Å². The third-order valence-electron chi connectivity index (χ3n) is 4.33. The zero-order valence-corrected chi connectivity index (χ0v) is 12.3. The van der Waals surface area contributed by atoms with Gasteiger partial charge in [-0.3, -0.25) is 0 Å². The summed E-state index contributed by atoms with van der Waals surface area (Å²) in [6.45, 7) is 12.3. The molecule has 1 aliphatic heterocycles. The summed E-state index contributed by atoms with van der Waals surface area (Å²) < 4.78 is 5.69. The summed E-state index contributed by atoms with van der Waals surface area (Å²) >= 11 is 0. The Morgan fingerprint density at radius 3 is 2.61 bits per heavy atom. The molecule has 2 rings (SSSR count). The topological polar surface area (TPSA) is 24.5 Å². The van der Waals surface area contributed by atoms with Crippen molar-refractivity contribution in [2.75, 3.05) is 32.8 Å². The maximum Gasteiger partial charge on any atom is 0.0521 e. The van der Waals surface area contributed by atoms with Crippen LogP contribution in [0.1, 0.15) is 40.0 Å². The predicted molar refractivity (Wildman–Crippen MR) is 75.8 cm³/mol. The third-order valence-corrected chi connectivity index (χ3v) is 4.33. The molecule has 0 aromatic carbocycles. The van der Waals surface area contributed by atoms with Gasteiger partial charge in [-0.05, 0) is 45.6 Å². The average molecular weight is 254 g/mol. The first-order chi connectivity index (χ1) is 8.70. The standard InChI is InChI=1S/C15H30N2O/c1-4-16-15-7-8-18-11-14(15)10-17(12(2)3)9-13-5-6-13/h12-16H,4-11H2,1-3H3. The fraction of sp³-hybridized carbons (Fsp3) is 1.00. The van der Waals surface area contributed by atoms with Gasteiger partial charge < -0.3 is 15.0 Å². The molecule has 2 aliphatic rings. The van der Waals surface area contributed by atoms with Crippen molar-refractivity contribution in [3.8, 4) is 0 Å². The van der Waals surface area contributed by atoms with Crippen molar-refractivity contribution in [1.82, 2.24) is 10.2 Å². The van der Waals surface area contributed by atoms with Crippen molar-refractivity contribution in [3.63, 3.8) is 0 Å². The van der Waals surface area contributed by atoms with E-state index in [4.69, 9.17) is 4.74 Å². The fourth-order valence-electron chi connectivity index (χ4n) is 2.94. The van der Waals surface area contributed by atoms with Gasteiger partial charge >= 0.3 is 0 Å². The van der Waals surface area contributed by atoms with Crippen molar-refractivity contribution >= 4 is 0 Å². The SMILES string of the molecule is CCNC1CCOCC1CN(CC1CC1)C(C)C. The predicted octanol–water partition coefficient (Wildman–Crippen LogP) is 2.12. The smallest absolute Gasteiger partial charge is 0.0521 e. The van der Waals surface area contributed by atoms with Crippen LogP contribution in [0.4, 0.5) is 0 Å². The Bertz CT molecular complexity index is 239. The molecular formula is C15H30N2O. The van der Waals surface area contributed by atoms with Gasteiger partial charge in [-0.1, -0.05) is 6.92 Å². The number of rotatable bonds is 7. The van der Waals surface area contributed by atoms with Gasteiger partial charge in [0.15, 0.2) is 0 Å². The normalized spacial score (nSPS) is 29.2. The maximum absolute atomic E-state index is 5.69. The van der Waals surface area contributed by atoms with Gasteiger partial charge in [0.25, 0.3) is 0 Å². The molecule has 0 radical (unpaired) electrons. The molecule has 3 heteroatoms. The Hall–Kier alpha value is -0.120. The molecule has 0 spiro atoms. The van der Waals surface area contributed by atoms with E-state index in [1.807, 2.05) is 0 Å². The van der Waals surface area contributed by atoms with E-state index in [9.17, 15) is 0 Å². The molecule has 0 bridgehead atoms. The molecule has 0 aromatic rings. The van der Waals surface area contributed by atoms with Crippen LogP contribution in [-0.2, 0) is 4.74 Å². The van der Waals surface area contributed by atoms with Crippen LogP contribution in [0.5, 0.6) is 0 Å². The lowest BCUT2D eigenvalue weighted by Crippen LogP contribution is -2.49. The summed E-state index contributed by atoms with van der Waals surface area (Å²) in [5.41, 5.74) is 0. The zero-order chi connectivity index (χ0) is 13.0. The van der Waals surface area contributed by atoms with Crippen LogP contribution in [0, 0.1) is 11.8 Å². The summed E-state index contributed by atoms with van der Waals surface area (Å²) in [4.78, 5) is 2.67. The van der Waals surface area contributed by atoms with Crippen LogP contribution < -0.4 is 5.32 Å². The van der Waals surface area contributed by atoms with Crippen molar-refractivity contribution in [3.05, 3.63) is 0 Å². The van der Waals surface area contributed by atoms with Gasteiger partial charge in [-0.2, -0.15) is 0 Å². The van der Waals surface area contributed by atoms with Crippen molar-refractivity contribution in [1.29, 1.82) is 0 Å². The molecule has 2 unspecified atom stereocenters. The molecule has 3 nitrogen and oxygen atoms in total. The Morgan fingerprint density at radius 2 is 2.00 bits per heavy atom. The number of nitrogens with zero attached hydrogens (tertiary/aromatic N) is 1. The van der Waals surface area contributed by atoms with Crippen LogP contribution in [-0.4, -0.2) is 49.8 Å². The summed E-state index contributed by atoms with van der Waals surface area (Å²) in [7, 11) is 0. The number of ether oxygens (including phenoxy) is 1.